The summed E-state index contributed by atoms with van der Waals surface area (Å²) >= 11 is 0. The normalized spacial score (nSPS) is 23.1. The van der Waals surface area contributed by atoms with Crippen molar-refractivity contribution in [3.8, 4) is 5.75 Å². The van der Waals surface area contributed by atoms with E-state index in [9.17, 15) is 9.59 Å². The molecule has 6 nitrogen and oxygen atoms in total. The molecule has 0 bridgehead atoms. The van der Waals surface area contributed by atoms with Crippen molar-refractivity contribution in [3.63, 3.8) is 0 Å². The lowest BCUT2D eigenvalue weighted by molar-refractivity contribution is -0.145. The number of hydrogen-bond donors (Lipinski definition) is 2. The summed E-state index contributed by atoms with van der Waals surface area (Å²) in [5.74, 6) is -0.234. The lowest BCUT2D eigenvalue weighted by Gasteiger charge is -2.27. The number of hydrogen-bond acceptors (Lipinski definition) is 4. The molecule has 2 atom stereocenters. The zero-order valence-electron chi connectivity index (χ0n) is 14.5. The van der Waals surface area contributed by atoms with E-state index in [1.807, 2.05) is 30.3 Å². The first kappa shape index (κ1) is 17.5. The molecule has 2 amide bonds. The molecule has 1 aromatic carbocycles. The lowest BCUT2D eigenvalue weighted by atomic mass is 9.91. The van der Waals surface area contributed by atoms with E-state index >= 15 is 0 Å². The van der Waals surface area contributed by atoms with Crippen LogP contribution in [-0.2, 0) is 9.59 Å². The lowest BCUT2D eigenvalue weighted by Crippen LogP contribution is -2.48. The summed E-state index contributed by atoms with van der Waals surface area (Å²) in [5, 5.41) is 2.85. The molecule has 3 rings (SSSR count). The van der Waals surface area contributed by atoms with Crippen LogP contribution >= 0.6 is 0 Å². The molecule has 0 aromatic heterocycles. The maximum Gasteiger partial charge on any atom is 0.312 e. The van der Waals surface area contributed by atoms with Gasteiger partial charge in [0, 0.05) is 25.2 Å². The molecule has 134 valence electrons. The highest BCUT2D eigenvalue weighted by Gasteiger charge is 2.29. The van der Waals surface area contributed by atoms with Crippen molar-refractivity contribution < 1.29 is 14.3 Å². The minimum Gasteiger partial charge on any atom is -0.497 e. The maximum absolute atomic E-state index is 12.4. The van der Waals surface area contributed by atoms with E-state index in [4.69, 9.17) is 10.5 Å². The first-order valence-corrected chi connectivity index (χ1v) is 8.75. The number of methoxy groups -OCH3 is 1. The van der Waals surface area contributed by atoms with Crippen LogP contribution in [0.25, 0.3) is 5.57 Å². The second-order valence-corrected chi connectivity index (χ2v) is 6.74. The Bertz CT molecular complexity index is 686. The van der Waals surface area contributed by atoms with Crippen molar-refractivity contribution in [3.05, 3.63) is 35.9 Å². The van der Waals surface area contributed by atoms with Crippen LogP contribution in [0.2, 0.25) is 0 Å². The van der Waals surface area contributed by atoms with E-state index < -0.39 is 11.8 Å². The molecule has 1 aliphatic carbocycles. The van der Waals surface area contributed by atoms with Gasteiger partial charge in [-0.15, -0.1) is 0 Å². The average Bonchev–Trinajstić information content (AvgIpc) is 3.11. The Morgan fingerprint density at radius 2 is 2.16 bits per heavy atom. The van der Waals surface area contributed by atoms with Gasteiger partial charge in [0.1, 0.15) is 5.75 Å². The van der Waals surface area contributed by atoms with Crippen LogP contribution in [0.15, 0.2) is 30.3 Å². The number of benzene rings is 1. The molecule has 0 radical (unpaired) electrons. The summed E-state index contributed by atoms with van der Waals surface area (Å²) < 4.78 is 5.24. The number of nitrogens with one attached hydrogen (secondary N) is 1. The minimum absolute atomic E-state index is 0.00798. The Hall–Kier alpha value is -2.34. The van der Waals surface area contributed by atoms with E-state index in [0.717, 1.165) is 42.6 Å². The highest BCUT2D eigenvalue weighted by molar-refractivity contribution is 6.35. The summed E-state index contributed by atoms with van der Waals surface area (Å²) in [6.07, 6.45) is 5.59. The average molecular weight is 343 g/mol. The van der Waals surface area contributed by atoms with Crippen molar-refractivity contribution in [2.75, 3.05) is 20.2 Å². The molecule has 1 saturated carbocycles. The smallest absolute Gasteiger partial charge is 0.312 e. The van der Waals surface area contributed by atoms with E-state index in [1.54, 1.807) is 12.0 Å². The second kappa shape index (κ2) is 7.70. The van der Waals surface area contributed by atoms with E-state index in [-0.39, 0.29) is 12.1 Å². The van der Waals surface area contributed by atoms with Crippen molar-refractivity contribution in [2.45, 2.75) is 37.8 Å². The van der Waals surface area contributed by atoms with Gasteiger partial charge >= 0.3 is 11.8 Å². The van der Waals surface area contributed by atoms with Gasteiger partial charge in [0.2, 0.25) is 0 Å². The molecule has 1 aliphatic heterocycles. The highest BCUT2D eigenvalue weighted by atomic mass is 16.5. The standard InChI is InChI=1S/C19H25N3O3/c1-25-17-7-2-4-13(10-17)14-8-9-22(12-14)19(24)18(23)21-16-6-3-5-15(20)11-16/h2,4,7-8,10,15-16H,3,5-6,9,11-12,20H2,1H3,(H,21,23). The third-order valence-corrected chi connectivity index (χ3v) is 4.89. The molecule has 3 N–H and O–H groups in total. The molecule has 6 heteroatoms. The largest absolute Gasteiger partial charge is 0.497 e. The number of rotatable bonds is 3. The van der Waals surface area contributed by atoms with Gasteiger partial charge < -0.3 is 20.7 Å². The van der Waals surface area contributed by atoms with Gasteiger partial charge in [-0.25, -0.2) is 0 Å². The molecular weight excluding hydrogens is 318 g/mol. The number of amides is 2. The van der Waals surface area contributed by atoms with Crippen LogP contribution in [0.4, 0.5) is 0 Å². The maximum atomic E-state index is 12.4. The Kier molecular flexibility index (Phi) is 5.38. The van der Waals surface area contributed by atoms with Gasteiger partial charge in [0.05, 0.1) is 7.11 Å². The van der Waals surface area contributed by atoms with Gasteiger partial charge in [-0.1, -0.05) is 18.2 Å². The minimum atomic E-state index is -0.528. The molecule has 0 spiro atoms. The first-order valence-electron chi connectivity index (χ1n) is 8.75. The van der Waals surface area contributed by atoms with E-state index in [2.05, 4.69) is 5.32 Å². The predicted molar refractivity (Wildman–Crippen MR) is 95.9 cm³/mol. The summed E-state index contributed by atoms with van der Waals surface area (Å²) in [7, 11) is 1.62. The third-order valence-electron chi connectivity index (χ3n) is 4.89. The fourth-order valence-electron chi connectivity index (χ4n) is 3.49. The zero-order chi connectivity index (χ0) is 17.8. The summed E-state index contributed by atoms with van der Waals surface area (Å²) in [5.41, 5.74) is 7.98. The summed E-state index contributed by atoms with van der Waals surface area (Å²) in [6.45, 7) is 0.882. The number of ether oxygens (including phenoxy) is 1. The van der Waals surface area contributed by atoms with Crippen molar-refractivity contribution >= 4 is 17.4 Å². The van der Waals surface area contributed by atoms with Gasteiger partial charge in [0.15, 0.2) is 0 Å². The molecule has 1 aromatic rings. The Morgan fingerprint density at radius 1 is 1.32 bits per heavy atom. The summed E-state index contributed by atoms with van der Waals surface area (Å²) in [6, 6.07) is 7.83. The van der Waals surface area contributed by atoms with Gasteiger partial charge in [-0.2, -0.15) is 0 Å². The van der Waals surface area contributed by atoms with E-state index in [1.165, 1.54) is 0 Å². The Labute approximate surface area is 148 Å². The van der Waals surface area contributed by atoms with Gasteiger partial charge in [0.25, 0.3) is 0 Å². The molecule has 1 heterocycles. The topological polar surface area (TPSA) is 84.7 Å². The van der Waals surface area contributed by atoms with Crippen LogP contribution in [0.3, 0.4) is 0 Å². The molecular formula is C19H25N3O3. The number of carbonyl (C=O) groups excluding carboxylic acids is 2. The fourth-order valence-corrected chi connectivity index (χ4v) is 3.49. The molecule has 2 aliphatic rings. The highest BCUT2D eigenvalue weighted by Crippen LogP contribution is 2.24. The van der Waals surface area contributed by atoms with Crippen molar-refractivity contribution in [1.82, 2.24) is 10.2 Å². The predicted octanol–water partition coefficient (Wildman–Crippen LogP) is 1.31. The van der Waals surface area contributed by atoms with Crippen LogP contribution in [0, 0.1) is 0 Å². The second-order valence-electron chi connectivity index (χ2n) is 6.74. The quantitative estimate of drug-likeness (QED) is 0.811. The third kappa shape index (κ3) is 4.20. The number of nitrogens with zero attached hydrogens (tertiary/aromatic N) is 1. The fraction of sp³-hybridized carbons (Fsp3) is 0.474. The summed E-state index contributed by atoms with van der Waals surface area (Å²) in [4.78, 5) is 26.2. The Balaban J connectivity index is 1.56. The van der Waals surface area contributed by atoms with Crippen molar-refractivity contribution in [2.24, 2.45) is 5.73 Å². The van der Waals surface area contributed by atoms with Crippen LogP contribution in [-0.4, -0.2) is 49.0 Å². The SMILES string of the molecule is COc1cccc(C2=CCN(C(=O)C(=O)NC3CCCC(N)C3)C2)c1. The molecule has 25 heavy (non-hydrogen) atoms. The van der Waals surface area contributed by atoms with Gasteiger partial charge in [-0.3, -0.25) is 9.59 Å². The van der Waals surface area contributed by atoms with Gasteiger partial charge in [-0.05, 0) is 49.0 Å². The van der Waals surface area contributed by atoms with E-state index in [0.29, 0.717) is 13.1 Å². The Morgan fingerprint density at radius 3 is 2.92 bits per heavy atom. The molecule has 2 unspecified atom stereocenters. The molecule has 0 saturated heterocycles. The zero-order valence-corrected chi connectivity index (χ0v) is 14.5. The number of carbonyl (C=O) groups is 2. The first-order chi connectivity index (χ1) is 12.1. The molecule has 1 fully saturated rings. The monoisotopic (exact) mass is 343 g/mol. The van der Waals surface area contributed by atoms with Crippen molar-refractivity contribution in [1.29, 1.82) is 0 Å². The van der Waals surface area contributed by atoms with Crippen LogP contribution in [0.1, 0.15) is 31.2 Å². The number of nitrogens with two attached hydrogens (primary N) is 1. The van der Waals surface area contributed by atoms with Crippen LogP contribution < -0.4 is 15.8 Å². The van der Waals surface area contributed by atoms with Crippen LogP contribution in [0.5, 0.6) is 5.75 Å².